The molecule has 3 heteroatoms. The molecule has 3 N–H and O–H groups in total. The Balaban J connectivity index is 1.90. The maximum Gasteiger partial charge on any atom is 0.0844 e. The maximum atomic E-state index is 5.69. The molecule has 0 amide bonds. The van der Waals surface area contributed by atoms with Crippen LogP contribution in [0.2, 0.25) is 0 Å². The third kappa shape index (κ3) is 2.19. The minimum Gasteiger partial charge on any atom is -0.377 e. The summed E-state index contributed by atoms with van der Waals surface area (Å²) in [6.45, 7) is 0. The summed E-state index contributed by atoms with van der Waals surface area (Å²) in [7, 11) is 1.83. The van der Waals surface area contributed by atoms with Gasteiger partial charge in [0.15, 0.2) is 0 Å². The van der Waals surface area contributed by atoms with Gasteiger partial charge < -0.3 is 4.74 Å². The zero-order valence-corrected chi connectivity index (χ0v) is 9.80. The van der Waals surface area contributed by atoms with Gasteiger partial charge >= 0.3 is 0 Å². The van der Waals surface area contributed by atoms with E-state index in [1.165, 1.54) is 51.4 Å². The number of rotatable bonds is 5. The first-order valence-electron chi connectivity index (χ1n) is 6.32. The van der Waals surface area contributed by atoms with Crippen LogP contribution in [0.3, 0.4) is 0 Å². The third-order valence-corrected chi connectivity index (χ3v) is 4.49. The van der Waals surface area contributed by atoms with Crippen LogP contribution in [-0.2, 0) is 4.74 Å². The summed E-state index contributed by atoms with van der Waals surface area (Å²) in [5.74, 6) is 6.57. The monoisotopic (exact) mass is 212 g/mol. The second-order valence-corrected chi connectivity index (χ2v) is 5.23. The summed E-state index contributed by atoms with van der Waals surface area (Å²) in [5.41, 5.74) is 3.05. The van der Waals surface area contributed by atoms with E-state index in [1.807, 2.05) is 7.11 Å². The molecule has 88 valence electrons. The molecule has 2 rings (SSSR count). The molecule has 3 nitrogen and oxygen atoms in total. The molecule has 0 heterocycles. The van der Waals surface area contributed by atoms with E-state index in [4.69, 9.17) is 10.6 Å². The topological polar surface area (TPSA) is 47.3 Å². The molecule has 0 saturated heterocycles. The summed E-state index contributed by atoms with van der Waals surface area (Å²) >= 11 is 0. The lowest BCUT2D eigenvalue weighted by Gasteiger charge is -2.47. The van der Waals surface area contributed by atoms with Gasteiger partial charge in [-0.3, -0.25) is 11.3 Å². The predicted octanol–water partition coefficient (Wildman–Crippen LogP) is 1.97. The van der Waals surface area contributed by atoms with Crippen molar-refractivity contribution in [3.63, 3.8) is 0 Å². The number of methoxy groups -OCH3 is 1. The Morgan fingerprint density at radius 2 is 2.00 bits per heavy atom. The Bertz CT molecular complexity index is 192. The highest BCUT2D eigenvalue weighted by molar-refractivity contribution is 4.99. The molecule has 0 aromatic carbocycles. The second kappa shape index (κ2) is 4.81. The van der Waals surface area contributed by atoms with Gasteiger partial charge in [0.05, 0.1) is 11.6 Å². The standard InChI is InChI=1S/C12H24N2O/c1-15-12(7-4-8-12)11(14-13)9-10-5-2-3-6-10/h10-11,14H,2-9,13H2,1H3. The van der Waals surface area contributed by atoms with Crippen molar-refractivity contribution in [2.75, 3.05) is 7.11 Å². The third-order valence-electron chi connectivity index (χ3n) is 4.49. The Kier molecular flexibility index (Phi) is 3.65. The molecular weight excluding hydrogens is 188 g/mol. The van der Waals surface area contributed by atoms with E-state index in [2.05, 4.69) is 5.43 Å². The summed E-state index contributed by atoms with van der Waals surface area (Å²) in [6.07, 6.45) is 10.4. The van der Waals surface area contributed by atoms with E-state index in [0.29, 0.717) is 6.04 Å². The average molecular weight is 212 g/mol. The SMILES string of the molecule is COC1(C(CC2CCCC2)NN)CCC1. The van der Waals surface area contributed by atoms with Gasteiger partial charge in [0.1, 0.15) is 0 Å². The molecule has 0 bridgehead atoms. The molecule has 0 aliphatic heterocycles. The molecule has 0 spiro atoms. The van der Waals surface area contributed by atoms with E-state index < -0.39 is 0 Å². The van der Waals surface area contributed by atoms with Crippen LogP contribution >= 0.6 is 0 Å². The van der Waals surface area contributed by atoms with E-state index >= 15 is 0 Å². The lowest BCUT2D eigenvalue weighted by atomic mass is 9.72. The van der Waals surface area contributed by atoms with Crippen LogP contribution in [0, 0.1) is 5.92 Å². The molecule has 2 aliphatic rings. The summed E-state index contributed by atoms with van der Waals surface area (Å²) in [5, 5.41) is 0. The largest absolute Gasteiger partial charge is 0.377 e. The van der Waals surface area contributed by atoms with Crippen molar-refractivity contribution in [1.29, 1.82) is 0 Å². The molecule has 2 fully saturated rings. The number of nitrogens with two attached hydrogens (primary N) is 1. The smallest absolute Gasteiger partial charge is 0.0844 e. The molecule has 15 heavy (non-hydrogen) atoms. The fourth-order valence-electron chi connectivity index (χ4n) is 3.23. The fourth-order valence-corrected chi connectivity index (χ4v) is 3.23. The number of hydrogen-bond donors (Lipinski definition) is 2. The fraction of sp³-hybridized carbons (Fsp3) is 1.00. The molecule has 2 saturated carbocycles. The predicted molar refractivity (Wildman–Crippen MR) is 61.3 cm³/mol. The maximum absolute atomic E-state index is 5.69. The summed E-state index contributed by atoms with van der Waals surface area (Å²) in [6, 6.07) is 0.361. The lowest BCUT2D eigenvalue weighted by Crippen LogP contribution is -2.58. The molecule has 1 atom stereocenters. The normalized spacial score (nSPS) is 27.6. The van der Waals surface area contributed by atoms with Gasteiger partial charge in [-0.05, 0) is 31.6 Å². The molecular formula is C12H24N2O. The van der Waals surface area contributed by atoms with Crippen LogP contribution in [-0.4, -0.2) is 18.8 Å². The number of nitrogens with one attached hydrogen (secondary N) is 1. The van der Waals surface area contributed by atoms with Crippen LogP contribution in [0.1, 0.15) is 51.4 Å². The molecule has 0 radical (unpaired) electrons. The molecule has 1 unspecified atom stereocenters. The van der Waals surface area contributed by atoms with Gasteiger partial charge in [-0.15, -0.1) is 0 Å². The Morgan fingerprint density at radius 3 is 2.40 bits per heavy atom. The van der Waals surface area contributed by atoms with Crippen molar-refractivity contribution in [2.45, 2.75) is 63.0 Å². The molecule has 2 aliphatic carbocycles. The van der Waals surface area contributed by atoms with Gasteiger partial charge in [0, 0.05) is 7.11 Å². The number of hydrogen-bond acceptors (Lipinski definition) is 3. The van der Waals surface area contributed by atoms with Gasteiger partial charge in [-0.1, -0.05) is 25.7 Å². The van der Waals surface area contributed by atoms with Gasteiger partial charge in [-0.2, -0.15) is 0 Å². The Labute approximate surface area is 92.7 Å². The zero-order valence-electron chi connectivity index (χ0n) is 9.80. The van der Waals surface area contributed by atoms with Crippen molar-refractivity contribution >= 4 is 0 Å². The first kappa shape index (κ1) is 11.4. The van der Waals surface area contributed by atoms with Crippen molar-refractivity contribution in [2.24, 2.45) is 11.8 Å². The summed E-state index contributed by atoms with van der Waals surface area (Å²) in [4.78, 5) is 0. The van der Waals surface area contributed by atoms with Crippen LogP contribution in [0.25, 0.3) is 0 Å². The second-order valence-electron chi connectivity index (χ2n) is 5.23. The highest BCUT2D eigenvalue weighted by Crippen LogP contribution is 2.41. The molecule has 0 aromatic rings. The molecule has 0 aromatic heterocycles. The van der Waals surface area contributed by atoms with E-state index in [0.717, 1.165) is 5.92 Å². The van der Waals surface area contributed by atoms with Crippen molar-refractivity contribution in [1.82, 2.24) is 5.43 Å². The van der Waals surface area contributed by atoms with Gasteiger partial charge in [0.25, 0.3) is 0 Å². The number of hydrazine groups is 1. The number of ether oxygens (including phenoxy) is 1. The van der Waals surface area contributed by atoms with Gasteiger partial charge in [-0.25, -0.2) is 0 Å². The van der Waals surface area contributed by atoms with Crippen LogP contribution in [0.5, 0.6) is 0 Å². The average Bonchev–Trinajstić information content (AvgIpc) is 2.68. The minimum absolute atomic E-state index is 0.0529. The Morgan fingerprint density at radius 1 is 1.33 bits per heavy atom. The van der Waals surface area contributed by atoms with Crippen molar-refractivity contribution in [3.8, 4) is 0 Å². The highest BCUT2D eigenvalue weighted by atomic mass is 16.5. The first-order valence-corrected chi connectivity index (χ1v) is 6.32. The van der Waals surface area contributed by atoms with Crippen molar-refractivity contribution in [3.05, 3.63) is 0 Å². The highest BCUT2D eigenvalue weighted by Gasteiger charge is 2.44. The Hall–Kier alpha value is -0.120. The quantitative estimate of drug-likeness (QED) is 0.541. The van der Waals surface area contributed by atoms with E-state index in [1.54, 1.807) is 0 Å². The van der Waals surface area contributed by atoms with E-state index in [-0.39, 0.29) is 5.60 Å². The van der Waals surface area contributed by atoms with Crippen LogP contribution in [0.4, 0.5) is 0 Å². The van der Waals surface area contributed by atoms with Crippen molar-refractivity contribution < 1.29 is 4.74 Å². The zero-order chi connectivity index (χ0) is 10.7. The van der Waals surface area contributed by atoms with Crippen LogP contribution < -0.4 is 11.3 Å². The lowest BCUT2D eigenvalue weighted by molar-refractivity contribution is -0.103. The minimum atomic E-state index is 0.0529. The summed E-state index contributed by atoms with van der Waals surface area (Å²) < 4.78 is 5.69. The van der Waals surface area contributed by atoms with Gasteiger partial charge in [0.2, 0.25) is 0 Å². The van der Waals surface area contributed by atoms with E-state index in [9.17, 15) is 0 Å². The van der Waals surface area contributed by atoms with Crippen LogP contribution in [0.15, 0.2) is 0 Å². The first-order chi connectivity index (χ1) is 7.30.